The molecule has 5 rings (SSSR count). The van der Waals surface area contributed by atoms with Crippen LogP contribution in [0.5, 0.6) is 0 Å². The highest BCUT2D eigenvalue weighted by Gasteiger charge is 2.47. The highest BCUT2D eigenvalue weighted by Crippen LogP contribution is 2.48. The normalized spacial score (nSPS) is 25.4. The second kappa shape index (κ2) is 6.69. The number of likely N-dealkylation sites (tertiary alicyclic amines) is 2. The summed E-state index contributed by atoms with van der Waals surface area (Å²) in [5, 5.41) is 8.17. The van der Waals surface area contributed by atoms with Gasteiger partial charge in [-0.05, 0) is 51.5 Å². The molecule has 2 aromatic heterocycles. The van der Waals surface area contributed by atoms with Gasteiger partial charge in [-0.25, -0.2) is 0 Å². The molecule has 0 bridgehead atoms. The van der Waals surface area contributed by atoms with Gasteiger partial charge in [-0.2, -0.15) is 4.98 Å². The van der Waals surface area contributed by atoms with Gasteiger partial charge < -0.3 is 13.9 Å². The maximum atomic E-state index is 12.6. The van der Waals surface area contributed by atoms with E-state index in [-0.39, 0.29) is 17.4 Å². The molecule has 1 aliphatic carbocycles. The van der Waals surface area contributed by atoms with E-state index in [4.69, 9.17) is 14.0 Å². The van der Waals surface area contributed by atoms with Crippen LogP contribution in [0.15, 0.2) is 15.1 Å². The van der Waals surface area contributed by atoms with E-state index in [0.717, 1.165) is 50.6 Å². The van der Waals surface area contributed by atoms with Crippen LogP contribution in [0, 0.1) is 12.3 Å². The summed E-state index contributed by atoms with van der Waals surface area (Å²) in [4.78, 5) is 21.6. The number of hydrogen-bond acceptors (Lipinski definition) is 7. The van der Waals surface area contributed by atoms with E-state index >= 15 is 0 Å². The minimum absolute atomic E-state index is 0.0297. The number of amides is 1. The fraction of sp³-hybridized carbons (Fsp3) is 0.700. The molecule has 1 atom stereocenters. The largest absolute Gasteiger partial charge is 0.361 e. The number of nitrogens with zero attached hydrogens (tertiary/aromatic N) is 5. The Morgan fingerprint density at radius 2 is 2.00 bits per heavy atom. The average molecular weight is 385 g/mol. The van der Waals surface area contributed by atoms with Gasteiger partial charge in [-0.3, -0.25) is 9.69 Å². The molecule has 8 heteroatoms. The topological polar surface area (TPSA) is 88.5 Å². The Hall–Kier alpha value is -2.22. The van der Waals surface area contributed by atoms with Gasteiger partial charge >= 0.3 is 0 Å². The number of aryl methyl sites for hydroxylation is 1. The minimum atomic E-state index is -0.0297. The van der Waals surface area contributed by atoms with Gasteiger partial charge in [0.1, 0.15) is 5.76 Å². The molecule has 1 amide bonds. The molecule has 1 unspecified atom stereocenters. The summed E-state index contributed by atoms with van der Waals surface area (Å²) in [5.74, 6) is 2.75. The Morgan fingerprint density at radius 3 is 2.64 bits per heavy atom. The molecule has 0 aromatic carbocycles. The van der Waals surface area contributed by atoms with Crippen LogP contribution < -0.4 is 0 Å². The van der Waals surface area contributed by atoms with Gasteiger partial charge in [-0.15, -0.1) is 0 Å². The van der Waals surface area contributed by atoms with E-state index in [0.29, 0.717) is 17.4 Å². The first-order valence-corrected chi connectivity index (χ1v) is 10.3. The molecule has 2 aliphatic heterocycles. The molecule has 3 fully saturated rings. The monoisotopic (exact) mass is 385 g/mol. The maximum absolute atomic E-state index is 12.6. The van der Waals surface area contributed by atoms with Gasteiger partial charge in [0.05, 0.1) is 6.04 Å². The van der Waals surface area contributed by atoms with Crippen LogP contribution in [0.3, 0.4) is 0 Å². The molecular formula is C20H27N5O3. The lowest BCUT2D eigenvalue weighted by molar-refractivity contribution is 0.0583. The molecule has 28 heavy (non-hydrogen) atoms. The van der Waals surface area contributed by atoms with Crippen LogP contribution in [0.4, 0.5) is 0 Å². The van der Waals surface area contributed by atoms with Gasteiger partial charge in [0.15, 0.2) is 11.5 Å². The molecule has 0 N–H and O–H groups in total. The fourth-order valence-corrected chi connectivity index (χ4v) is 4.94. The number of piperidine rings is 1. The number of carbonyl (C=O) groups excluding carboxylic acids is 1. The lowest BCUT2D eigenvalue weighted by Gasteiger charge is -2.39. The third kappa shape index (κ3) is 3.03. The van der Waals surface area contributed by atoms with Crippen molar-refractivity contribution in [2.45, 2.75) is 57.4 Å². The molecule has 4 heterocycles. The van der Waals surface area contributed by atoms with Crippen LogP contribution in [-0.2, 0) is 0 Å². The molecular weight excluding hydrogens is 358 g/mol. The van der Waals surface area contributed by atoms with Gasteiger partial charge in [0, 0.05) is 31.6 Å². The first-order chi connectivity index (χ1) is 13.5. The summed E-state index contributed by atoms with van der Waals surface area (Å²) in [6, 6.07) is 1.92. The van der Waals surface area contributed by atoms with Crippen LogP contribution in [0.1, 0.15) is 78.4 Å². The second-order valence-electron chi connectivity index (χ2n) is 8.87. The summed E-state index contributed by atoms with van der Waals surface area (Å²) in [6.45, 7) is 4.32. The van der Waals surface area contributed by atoms with Crippen molar-refractivity contribution in [3.63, 3.8) is 0 Å². The molecule has 1 saturated carbocycles. The standard InChI is InChI=1S/C20H27N5O3/c1-13-10-15(22-27-13)19(26)25-8-6-20(7-9-25)11-16(24(2)12-20)17-21-18(28-23-17)14-4-3-5-14/h10,14,16H,3-9,11-12H2,1-2H3. The molecule has 2 saturated heterocycles. The van der Waals surface area contributed by atoms with Crippen molar-refractivity contribution < 1.29 is 13.8 Å². The summed E-state index contributed by atoms with van der Waals surface area (Å²) in [5.41, 5.74) is 0.623. The Kier molecular flexibility index (Phi) is 4.26. The number of hydrogen-bond donors (Lipinski definition) is 0. The Bertz CT molecular complexity index is 863. The van der Waals surface area contributed by atoms with Crippen molar-refractivity contribution in [1.29, 1.82) is 0 Å². The molecule has 0 radical (unpaired) electrons. The maximum Gasteiger partial charge on any atom is 0.276 e. The Labute approximate surface area is 164 Å². The van der Waals surface area contributed by atoms with Crippen molar-refractivity contribution in [1.82, 2.24) is 25.1 Å². The number of aromatic nitrogens is 3. The zero-order valence-corrected chi connectivity index (χ0v) is 16.6. The molecule has 1 spiro atoms. The predicted octanol–water partition coefficient (Wildman–Crippen LogP) is 2.93. The zero-order chi connectivity index (χ0) is 19.3. The minimum Gasteiger partial charge on any atom is -0.361 e. The second-order valence-corrected chi connectivity index (χ2v) is 8.87. The fourth-order valence-electron chi connectivity index (χ4n) is 4.94. The van der Waals surface area contributed by atoms with Crippen LogP contribution in [0.25, 0.3) is 0 Å². The first kappa shape index (κ1) is 17.8. The smallest absolute Gasteiger partial charge is 0.276 e. The highest BCUT2D eigenvalue weighted by molar-refractivity contribution is 5.92. The summed E-state index contributed by atoms with van der Waals surface area (Å²) >= 11 is 0. The van der Waals surface area contributed by atoms with Crippen molar-refractivity contribution in [2.24, 2.45) is 5.41 Å². The molecule has 150 valence electrons. The van der Waals surface area contributed by atoms with Crippen LogP contribution in [0.2, 0.25) is 0 Å². The molecule has 2 aromatic rings. The first-order valence-electron chi connectivity index (χ1n) is 10.3. The Morgan fingerprint density at radius 1 is 1.21 bits per heavy atom. The zero-order valence-electron chi connectivity index (χ0n) is 16.6. The van der Waals surface area contributed by atoms with Crippen molar-refractivity contribution in [3.05, 3.63) is 29.2 Å². The van der Waals surface area contributed by atoms with E-state index in [1.807, 2.05) is 4.90 Å². The van der Waals surface area contributed by atoms with Crippen molar-refractivity contribution in [3.8, 4) is 0 Å². The summed E-state index contributed by atoms with van der Waals surface area (Å²) < 4.78 is 10.6. The van der Waals surface area contributed by atoms with E-state index in [9.17, 15) is 4.79 Å². The van der Waals surface area contributed by atoms with Gasteiger partial charge in [-0.1, -0.05) is 16.7 Å². The highest BCUT2D eigenvalue weighted by atomic mass is 16.5. The van der Waals surface area contributed by atoms with Gasteiger partial charge in [0.2, 0.25) is 5.89 Å². The summed E-state index contributed by atoms with van der Waals surface area (Å²) in [7, 11) is 2.15. The molecule has 3 aliphatic rings. The number of rotatable bonds is 3. The van der Waals surface area contributed by atoms with Crippen molar-refractivity contribution in [2.75, 3.05) is 26.7 Å². The van der Waals surface area contributed by atoms with Gasteiger partial charge in [0.25, 0.3) is 5.91 Å². The van der Waals surface area contributed by atoms with Crippen LogP contribution >= 0.6 is 0 Å². The average Bonchev–Trinajstić information content (AvgIpc) is 3.34. The third-order valence-corrected chi connectivity index (χ3v) is 6.91. The van der Waals surface area contributed by atoms with Crippen molar-refractivity contribution >= 4 is 5.91 Å². The quantitative estimate of drug-likeness (QED) is 0.802. The Balaban J connectivity index is 1.24. The van der Waals surface area contributed by atoms with E-state index in [1.165, 1.54) is 19.3 Å². The van der Waals surface area contributed by atoms with E-state index in [2.05, 4.69) is 22.3 Å². The predicted molar refractivity (Wildman–Crippen MR) is 99.7 cm³/mol. The number of carbonyl (C=O) groups is 1. The van der Waals surface area contributed by atoms with E-state index < -0.39 is 0 Å². The van der Waals surface area contributed by atoms with E-state index in [1.54, 1.807) is 13.0 Å². The lowest BCUT2D eigenvalue weighted by atomic mass is 9.76. The van der Waals surface area contributed by atoms with Crippen LogP contribution in [-0.4, -0.2) is 57.7 Å². The summed E-state index contributed by atoms with van der Waals surface area (Å²) in [6.07, 6.45) is 6.60. The molecule has 8 nitrogen and oxygen atoms in total. The lowest BCUT2D eigenvalue weighted by Crippen LogP contribution is -2.44. The third-order valence-electron chi connectivity index (χ3n) is 6.91. The SMILES string of the molecule is Cc1cc(C(=O)N2CCC3(CC2)CC(c2noc(C4CCC4)n2)N(C)C3)no1.